The van der Waals surface area contributed by atoms with E-state index in [1.54, 1.807) is 0 Å². The molecule has 1 atom stereocenters. The number of nitrogens with one attached hydrogen (secondary N) is 1. The summed E-state index contributed by atoms with van der Waals surface area (Å²) in [7, 11) is 0. The summed E-state index contributed by atoms with van der Waals surface area (Å²) >= 11 is 0. The molecule has 0 radical (unpaired) electrons. The Morgan fingerprint density at radius 1 is 1.19 bits per heavy atom. The van der Waals surface area contributed by atoms with E-state index in [4.69, 9.17) is 4.74 Å². The van der Waals surface area contributed by atoms with Gasteiger partial charge in [0.25, 0.3) is 0 Å². The number of rotatable bonds is 5. The lowest BCUT2D eigenvalue weighted by atomic mass is 9.68. The van der Waals surface area contributed by atoms with Crippen molar-refractivity contribution in [2.24, 2.45) is 5.41 Å². The second-order valence-corrected chi connectivity index (χ2v) is 7.35. The molecule has 0 amide bonds. The minimum Gasteiger partial charge on any atom is -0.493 e. The average molecular weight is 287 g/mol. The topological polar surface area (TPSA) is 21.3 Å². The molecule has 1 unspecified atom stereocenters. The molecule has 1 fully saturated rings. The maximum Gasteiger partial charge on any atom is 0.122 e. The molecule has 2 nitrogen and oxygen atoms in total. The fourth-order valence-corrected chi connectivity index (χ4v) is 4.10. The smallest absolute Gasteiger partial charge is 0.122 e. The third-order valence-corrected chi connectivity index (χ3v) is 5.28. The average Bonchev–Trinajstić information content (AvgIpc) is 2.90. The van der Waals surface area contributed by atoms with E-state index >= 15 is 0 Å². The Hall–Kier alpha value is -1.02. The zero-order valence-electron chi connectivity index (χ0n) is 13.5. The monoisotopic (exact) mass is 287 g/mol. The molecule has 116 valence electrons. The molecule has 1 heterocycles. The van der Waals surface area contributed by atoms with E-state index in [0.717, 1.165) is 12.4 Å². The fourth-order valence-electron chi connectivity index (χ4n) is 4.10. The second kappa shape index (κ2) is 6.39. The summed E-state index contributed by atoms with van der Waals surface area (Å²) in [5.74, 6) is 1.71. The number of para-hydroxylation sites is 1. The van der Waals surface area contributed by atoms with Crippen LogP contribution in [0.2, 0.25) is 0 Å². The van der Waals surface area contributed by atoms with Crippen LogP contribution in [0.15, 0.2) is 24.3 Å². The van der Waals surface area contributed by atoms with E-state index in [9.17, 15) is 0 Å². The minimum atomic E-state index is 0.480. The molecule has 2 aliphatic rings. The van der Waals surface area contributed by atoms with E-state index < -0.39 is 0 Å². The number of hydrogen-bond donors (Lipinski definition) is 1. The molecule has 1 aliphatic carbocycles. The third-order valence-electron chi connectivity index (χ3n) is 5.28. The summed E-state index contributed by atoms with van der Waals surface area (Å²) < 4.78 is 5.90. The van der Waals surface area contributed by atoms with Crippen LogP contribution < -0.4 is 10.1 Å². The van der Waals surface area contributed by atoms with Gasteiger partial charge in [0.15, 0.2) is 0 Å². The van der Waals surface area contributed by atoms with Crippen molar-refractivity contribution in [3.8, 4) is 5.75 Å². The Labute approximate surface area is 129 Å². The molecule has 3 rings (SSSR count). The van der Waals surface area contributed by atoms with Crippen LogP contribution >= 0.6 is 0 Å². The van der Waals surface area contributed by atoms with E-state index in [2.05, 4.69) is 43.4 Å². The highest BCUT2D eigenvalue weighted by Crippen LogP contribution is 2.46. The molecule has 1 saturated carbocycles. The van der Waals surface area contributed by atoms with Crippen LogP contribution in [0, 0.1) is 5.41 Å². The van der Waals surface area contributed by atoms with Crippen LogP contribution in [0.5, 0.6) is 5.75 Å². The summed E-state index contributed by atoms with van der Waals surface area (Å²) in [6.07, 6.45) is 8.26. The van der Waals surface area contributed by atoms with Gasteiger partial charge in [-0.05, 0) is 30.7 Å². The lowest BCUT2D eigenvalue weighted by molar-refractivity contribution is 0.143. The van der Waals surface area contributed by atoms with Crippen molar-refractivity contribution < 1.29 is 4.74 Å². The predicted octanol–water partition coefficient (Wildman–Crippen LogP) is 4.50. The maximum absolute atomic E-state index is 5.90. The predicted molar refractivity (Wildman–Crippen MR) is 88.0 cm³/mol. The molecule has 2 heteroatoms. The quantitative estimate of drug-likeness (QED) is 0.861. The van der Waals surface area contributed by atoms with Gasteiger partial charge in [-0.3, -0.25) is 0 Å². The van der Waals surface area contributed by atoms with E-state index in [0.29, 0.717) is 17.4 Å². The van der Waals surface area contributed by atoms with Crippen LogP contribution in [0.25, 0.3) is 0 Å². The zero-order valence-corrected chi connectivity index (χ0v) is 13.5. The molecule has 0 spiro atoms. The molecule has 1 aromatic rings. The van der Waals surface area contributed by atoms with Gasteiger partial charge in [-0.2, -0.15) is 0 Å². The minimum absolute atomic E-state index is 0.480. The summed E-state index contributed by atoms with van der Waals surface area (Å²) in [5.41, 5.74) is 1.92. The van der Waals surface area contributed by atoms with Gasteiger partial charge in [0.05, 0.1) is 6.61 Å². The van der Waals surface area contributed by atoms with Crippen molar-refractivity contribution >= 4 is 0 Å². The Morgan fingerprint density at radius 3 is 2.71 bits per heavy atom. The van der Waals surface area contributed by atoms with Crippen LogP contribution in [-0.4, -0.2) is 19.2 Å². The molecular weight excluding hydrogens is 258 g/mol. The number of benzene rings is 1. The zero-order chi connectivity index (χ0) is 14.7. The van der Waals surface area contributed by atoms with E-state index in [1.165, 1.54) is 50.6 Å². The lowest BCUT2D eigenvalue weighted by Gasteiger charge is -2.40. The largest absolute Gasteiger partial charge is 0.493 e. The van der Waals surface area contributed by atoms with Crippen molar-refractivity contribution in [2.45, 2.75) is 64.3 Å². The molecule has 0 bridgehead atoms. The van der Waals surface area contributed by atoms with Gasteiger partial charge in [0.1, 0.15) is 5.75 Å². The summed E-state index contributed by atoms with van der Waals surface area (Å²) in [5, 5.41) is 3.71. The van der Waals surface area contributed by atoms with Gasteiger partial charge in [-0.15, -0.1) is 0 Å². The molecule has 1 aromatic carbocycles. The van der Waals surface area contributed by atoms with Crippen molar-refractivity contribution in [3.63, 3.8) is 0 Å². The van der Waals surface area contributed by atoms with Gasteiger partial charge in [0.2, 0.25) is 0 Å². The van der Waals surface area contributed by atoms with Gasteiger partial charge in [-0.1, -0.05) is 51.3 Å². The number of ether oxygens (including phenoxy) is 1. The summed E-state index contributed by atoms with van der Waals surface area (Å²) in [6, 6.07) is 9.20. The Bertz CT molecular complexity index is 462. The molecule has 21 heavy (non-hydrogen) atoms. The first kappa shape index (κ1) is 14.9. The van der Waals surface area contributed by atoms with Gasteiger partial charge >= 0.3 is 0 Å². The molecule has 0 saturated heterocycles. The van der Waals surface area contributed by atoms with E-state index in [-0.39, 0.29) is 0 Å². The van der Waals surface area contributed by atoms with Gasteiger partial charge < -0.3 is 10.1 Å². The van der Waals surface area contributed by atoms with Gasteiger partial charge in [0, 0.05) is 24.1 Å². The molecule has 0 aromatic heterocycles. The molecule has 1 aliphatic heterocycles. The second-order valence-electron chi connectivity index (χ2n) is 7.35. The normalized spacial score (nSPS) is 23.9. The van der Waals surface area contributed by atoms with Crippen molar-refractivity contribution in [1.82, 2.24) is 5.32 Å². The Morgan fingerprint density at radius 2 is 1.95 bits per heavy atom. The number of hydrogen-bond acceptors (Lipinski definition) is 2. The lowest BCUT2D eigenvalue weighted by Crippen LogP contribution is -2.40. The summed E-state index contributed by atoms with van der Waals surface area (Å²) in [4.78, 5) is 0. The first-order valence-electron chi connectivity index (χ1n) is 8.64. The molecular formula is C19H29NO. The summed E-state index contributed by atoms with van der Waals surface area (Å²) in [6.45, 7) is 6.56. The van der Waals surface area contributed by atoms with Crippen molar-refractivity contribution in [2.75, 3.05) is 13.2 Å². The highest BCUT2D eigenvalue weighted by atomic mass is 16.5. The highest BCUT2D eigenvalue weighted by molar-refractivity contribution is 5.39. The van der Waals surface area contributed by atoms with Crippen LogP contribution in [0.3, 0.4) is 0 Å². The Balaban J connectivity index is 1.73. The van der Waals surface area contributed by atoms with Crippen LogP contribution in [-0.2, 0) is 0 Å². The van der Waals surface area contributed by atoms with Crippen molar-refractivity contribution in [1.29, 1.82) is 0 Å². The highest BCUT2D eigenvalue weighted by Gasteiger charge is 2.37. The SMILES string of the molecule is CC(C)NCC1(CC2COc3ccccc32)CCCCC1. The standard InChI is InChI=1S/C19H29NO/c1-15(2)20-14-19(10-6-3-7-11-19)12-16-13-21-18-9-5-4-8-17(16)18/h4-5,8-9,15-16,20H,3,6-7,10-14H2,1-2H3. The van der Waals surface area contributed by atoms with Crippen LogP contribution in [0.4, 0.5) is 0 Å². The first-order chi connectivity index (χ1) is 10.2. The number of fused-ring (bicyclic) bond motifs is 1. The van der Waals surface area contributed by atoms with Gasteiger partial charge in [-0.25, -0.2) is 0 Å². The van der Waals surface area contributed by atoms with Crippen molar-refractivity contribution in [3.05, 3.63) is 29.8 Å². The van der Waals surface area contributed by atoms with Crippen LogP contribution in [0.1, 0.15) is 63.9 Å². The molecule has 1 N–H and O–H groups in total. The first-order valence-corrected chi connectivity index (χ1v) is 8.64. The third kappa shape index (κ3) is 3.42. The maximum atomic E-state index is 5.90. The fraction of sp³-hybridized carbons (Fsp3) is 0.684. The Kier molecular flexibility index (Phi) is 4.54. The van der Waals surface area contributed by atoms with E-state index in [1.807, 2.05) is 0 Å².